The zero-order valence-electron chi connectivity index (χ0n) is 18.8. The number of aromatic nitrogens is 2. The van der Waals surface area contributed by atoms with Crippen LogP contribution in [0.4, 0.5) is 39.5 Å². The van der Waals surface area contributed by atoms with Gasteiger partial charge in [-0.15, -0.1) is 0 Å². The second-order valence-electron chi connectivity index (χ2n) is 8.38. The molecule has 0 saturated heterocycles. The minimum absolute atomic E-state index is 0.155. The van der Waals surface area contributed by atoms with Gasteiger partial charge in [0.2, 0.25) is 0 Å². The van der Waals surface area contributed by atoms with Crippen LogP contribution < -0.4 is 10.6 Å². The molecule has 0 spiro atoms. The van der Waals surface area contributed by atoms with E-state index in [9.17, 15) is 44.3 Å². The molecule has 14 heteroatoms. The van der Waals surface area contributed by atoms with E-state index in [1.54, 1.807) is 27.7 Å². The summed E-state index contributed by atoms with van der Waals surface area (Å²) in [6.45, 7) is 6.68. The lowest BCUT2D eigenvalue weighted by Crippen LogP contribution is -2.66. The Labute approximate surface area is 195 Å². The predicted octanol–water partition coefficient (Wildman–Crippen LogP) is 5.53. The van der Waals surface area contributed by atoms with Crippen molar-refractivity contribution >= 4 is 24.7 Å². The molecule has 4 nitrogen and oxygen atoms in total. The van der Waals surface area contributed by atoms with Gasteiger partial charge in [0.05, 0.1) is 11.1 Å². The fourth-order valence-corrected chi connectivity index (χ4v) is 9.58. The summed E-state index contributed by atoms with van der Waals surface area (Å²) in [5.74, 6) is -2.18. The molecule has 194 valence electrons. The lowest BCUT2D eigenvalue weighted by atomic mass is 10.1. The molecule has 0 bridgehead atoms. The number of hydrogen-bond donors (Lipinski definition) is 0. The van der Waals surface area contributed by atoms with E-state index in [4.69, 9.17) is 0 Å². The van der Waals surface area contributed by atoms with Gasteiger partial charge in [-0.1, -0.05) is 39.8 Å². The first-order valence-corrected chi connectivity index (χ1v) is 12.3. The molecule has 0 unspecified atom stereocenters. The highest BCUT2D eigenvalue weighted by atomic mass is 28.3. The number of rotatable bonds is 6. The maximum atomic E-state index is 13.4. The number of benzene rings is 1. The zero-order valence-corrected chi connectivity index (χ0v) is 19.8. The maximum absolute atomic E-state index is 13.4. The van der Waals surface area contributed by atoms with Crippen LogP contribution in [-0.2, 0) is 10.9 Å². The average Bonchev–Trinajstić information content (AvgIpc) is 2.70. The summed E-state index contributed by atoms with van der Waals surface area (Å²) in [6, 6.07) is 3.20. The van der Waals surface area contributed by atoms with Crippen LogP contribution in [-0.4, -0.2) is 42.5 Å². The van der Waals surface area contributed by atoms with Crippen molar-refractivity contribution in [3.05, 3.63) is 47.8 Å². The summed E-state index contributed by atoms with van der Waals surface area (Å²) >= 11 is 0. The Hall–Kier alpha value is -2.64. The van der Waals surface area contributed by atoms with E-state index in [1.807, 2.05) is 0 Å². The van der Waals surface area contributed by atoms with Crippen LogP contribution in [0, 0.1) is 0 Å². The van der Waals surface area contributed by atoms with Crippen LogP contribution in [0.1, 0.15) is 43.6 Å². The number of ether oxygens (including phenoxy) is 1. The van der Waals surface area contributed by atoms with Gasteiger partial charge in [-0.2, -0.15) is 39.5 Å². The first kappa shape index (κ1) is 28.6. The second-order valence-corrected chi connectivity index (χ2v) is 13.4. The Morgan fingerprint density at radius 3 is 1.74 bits per heavy atom. The minimum atomic E-state index is -6.04. The van der Waals surface area contributed by atoms with Gasteiger partial charge in [-0.3, -0.25) is 0 Å². The molecule has 2 rings (SSSR count). The van der Waals surface area contributed by atoms with Crippen molar-refractivity contribution in [1.29, 1.82) is 0 Å². The highest BCUT2D eigenvalue weighted by Crippen LogP contribution is 2.38. The van der Waals surface area contributed by atoms with E-state index >= 15 is 0 Å². The van der Waals surface area contributed by atoms with E-state index in [1.165, 1.54) is 18.5 Å². The molecule has 0 fully saturated rings. The Morgan fingerprint density at radius 2 is 1.34 bits per heavy atom. The van der Waals surface area contributed by atoms with Gasteiger partial charge in [0.25, 0.3) is 6.10 Å². The summed E-state index contributed by atoms with van der Waals surface area (Å²) in [7, 11) is -3.49. The standard InChI is InChI=1S/C21H21F9N2O2Si/c1-11(2)35(12(3)4,18-31-8-5-9-32-18)15-7-6-13(19(22,23)24)10-14(15)16(33)34-17(20(25,26)27)21(28,29)30/h5-12,17H,1-4H3. The highest BCUT2D eigenvalue weighted by molar-refractivity contribution is 7.03. The molecule has 0 aliphatic rings. The van der Waals surface area contributed by atoms with Gasteiger partial charge in [0.1, 0.15) is 5.45 Å². The highest BCUT2D eigenvalue weighted by Gasteiger charge is 2.60. The largest absolute Gasteiger partial charge is 0.439 e. The fraction of sp³-hybridized carbons (Fsp3) is 0.476. The van der Waals surface area contributed by atoms with Crippen molar-refractivity contribution < 1.29 is 49.0 Å². The number of halogens is 9. The third kappa shape index (κ3) is 5.78. The number of alkyl halides is 9. The van der Waals surface area contributed by atoms with Crippen molar-refractivity contribution in [2.24, 2.45) is 0 Å². The van der Waals surface area contributed by atoms with Crippen molar-refractivity contribution in [2.45, 2.75) is 63.4 Å². The Bertz CT molecular complexity index is 1010. The van der Waals surface area contributed by atoms with Crippen LogP contribution in [0.2, 0.25) is 11.1 Å². The monoisotopic (exact) mass is 532 g/mol. The van der Waals surface area contributed by atoms with Crippen LogP contribution in [0.25, 0.3) is 0 Å². The predicted molar refractivity (Wildman–Crippen MR) is 110 cm³/mol. The summed E-state index contributed by atoms with van der Waals surface area (Å²) in [5.41, 5.74) is -3.20. The van der Waals surface area contributed by atoms with Crippen molar-refractivity contribution in [2.75, 3.05) is 0 Å². The van der Waals surface area contributed by atoms with E-state index in [0.717, 1.165) is 6.07 Å². The van der Waals surface area contributed by atoms with Gasteiger partial charge in [0.15, 0.2) is 8.07 Å². The van der Waals surface area contributed by atoms with Crippen LogP contribution in [0.15, 0.2) is 36.7 Å². The first-order chi connectivity index (χ1) is 15.8. The Morgan fingerprint density at radius 1 is 0.857 bits per heavy atom. The van der Waals surface area contributed by atoms with E-state index in [-0.39, 0.29) is 16.7 Å². The summed E-state index contributed by atoms with van der Waals surface area (Å²) < 4.78 is 122. The smallest absolute Gasteiger partial charge is 0.434 e. The van der Waals surface area contributed by atoms with Crippen molar-refractivity contribution in [3.8, 4) is 0 Å². The third-order valence-electron chi connectivity index (χ3n) is 5.59. The Kier molecular flexibility index (Phi) is 7.99. The number of hydrogen-bond acceptors (Lipinski definition) is 4. The van der Waals surface area contributed by atoms with E-state index in [0.29, 0.717) is 6.07 Å². The van der Waals surface area contributed by atoms with Crippen molar-refractivity contribution in [1.82, 2.24) is 9.97 Å². The molecule has 0 atom stereocenters. The second kappa shape index (κ2) is 9.78. The topological polar surface area (TPSA) is 52.1 Å². The van der Waals surface area contributed by atoms with Crippen LogP contribution in [0.3, 0.4) is 0 Å². The molecule has 0 aliphatic heterocycles. The molecule has 0 amide bonds. The fourth-order valence-electron chi connectivity index (χ4n) is 4.18. The van der Waals surface area contributed by atoms with Gasteiger partial charge in [-0.05, 0) is 28.4 Å². The number of carbonyl (C=O) groups excluding carboxylic acids is 1. The first-order valence-electron chi connectivity index (χ1n) is 10.2. The minimum Gasteiger partial charge on any atom is -0.439 e. The lowest BCUT2D eigenvalue weighted by Gasteiger charge is -2.39. The lowest BCUT2D eigenvalue weighted by molar-refractivity contribution is -0.307. The van der Waals surface area contributed by atoms with Gasteiger partial charge in [-0.25, -0.2) is 14.8 Å². The molecule has 2 aromatic rings. The molecule has 0 radical (unpaired) electrons. The zero-order chi connectivity index (χ0) is 27.0. The van der Waals surface area contributed by atoms with Gasteiger partial charge >= 0.3 is 24.5 Å². The molecule has 1 aromatic heterocycles. The van der Waals surface area contributed by atoms with Gasteiger partial charge in [0, 0.05) is 12.4 Å². The van der Waals surface area contributed by atoms with Crippen LogP contribution in [0.5, 0.6) is 0 Å². The molecule has 1 heterocycles. The summed E-state index contributed by atoms with van der Waals surface area (Å²) in [5, 5.41) is -0.158. The van der Waals surface area contributed by atoms with E-state index in [2.05, 4.69) is 14.7 Å². The average molecular weight is 532 g/mol. The maximum Gasteiger partial charge on any atom is 0.434 e. The summed E-state index contributed by atoms with van der Waals surface area (Å²) in [6.07, 6.45) is -18.9. The summed E-state index contributed by atoms with van der Waals surface area (Å²) in [4.78, 5) is 21.2. The van der Waals surface area contributed by atoms with E-state index < -0.39 is 60.9 Å². The number of esters is 1. The third-order valence-corrected chi connectivity index (χ3v) is 11.6. The normalized spacial score (nSPS) is 13.6. The van der Waals surface area contributed by atoms with Crippen LogP contribution >= 0.6 is 0 Å². The van der Waals surface area contributed by atoms with Crippen molar-refractivity contribution in [3.63, 3.8) is 0 Å². The molecule has 1 aromatic carbocycles. The molecular formula is C21H21F9N2O2Si. The SMILES string of the molecule is CC(C)[Si](c1ncccn1)(c1ccc(C(F)(F)F)cc1C(=O)OC(C(F)(F)F)C(F)(F)F)C(C)C. The number of carbonyl (C=O) groups is 1. The molecular weight excluding hydrogens is 511 g/mol. The number of nitrogens with zero attached hydrogens (tertiary/aromatic N) is 2. The molecule has 35 heavy (non-hydrogen) atoms. The van der Waals surface area contributed by atoms with Gasteiger partial charge < -0.3 is 4.74 Å². The molecule has 0 aliphatic carbocycles. The molecule has 0 N–H and O–H groups in total. The molecule has 0 saturated carbocycles. The quantitative estimate of drug-likeness (QED) is 0.279. The Balaban J connectivity index is 2.88.